The van der Waals surface area contributed by atoms with Gasteiger partial charge in [0.05, 0.1) is 25.1 Å². The Morgan fingerprint density at radius 1 is 1.18 bits per heavy atom. The first kappa shape index (κ1) is 24.8. The molecule has 0 radical (unpaired) electrons. The van der Waals surface area contributed by atoms with E-state index >= 15 is 0 Å². The van der Waals surface area contributed by atoms with Gasteiger partial charge in [-0.25, -0.2) is 4.98 Å². The number of halogens is 3. The number of anilines is 1. The molecule has 2 atom stereocenters. The molecule has 3 heterocycles. The number of piperidine rings is 1. The molecule has 4 rings (SSSR count). The Morgan fingerprint density at radius 2 is 1.91 bits per heavy atom. The van der Waals surface area contributed by atoms with E-state index in [-0.39, 0.29) is 38.5 Å². The first-order chi connectivity index (χ1) is 16.0. The largest absolute Gasteiger partial charge is 0.389 e. The standard InChI is InChI=1S/C24H33F3N4O3/c1-18(14-24(25,26)27)21(33)31-11-9-23(34,22(16-31)7-3-4-8-22)17-30-13-12-29(15-20(30)32)19-6-2-5-10-28-19/h2,5-6,10,18,34H,3-4,7-9,11-17H2,1H3/t18-,23?/m1/s1. The molecule has 3 aliphatic rings. The van der Waals surface area contributed by atoms with Gasteiger partial charge in [0.25, 0.3) is 0 Å². The number of rotatable bonds is 5. The molecule has 3 fully saturated rings. The Labute approximate surface area is 197 Å². The molecule has 2 saturated heterocycles. The zero-order valence-corrected chi connectivity index (χ0v) is 19.6. The summed E-state index contributed by atoms with van der Waals surface area (Å²) in [5.74, 6) is -1.01. The molecule has 2 amide bonds. The zero-order valence-electron chi connectivity index (χ0n) is 19.6. The van der Waals surface area contributed by atoms with Gasteiger partial charge in [0.15, 0.2) is 0 Å². The average Bonchev–Trinajstić information content (AvgIpc) is 3.26. The maximum Gasteiger partial charge on any atom is 0.389 e. The Kier molecular flexibility index (Phi) is 6.81. The van der Waals surface area contributed by atoms with E-state index in [2.05, 4.69) is 4.98 Å². The summed E-state index contributed by atoms with van der Waals surface area (Å²) in [5, 5.41) is 11.9. The molecule has 0 aromatic carbocycles. The van der Waals surface area contributed by atoms with Gasteiger partial charge in [-0.15, -0.1) is 0 Å². The zero-order chi connectivity index (χ0) is 24.6. The summed E-state index contributed by atoms with van der Waals surface area (Å²) in [6.45, 7) is 3.18. The van der Waals surface area contributed by atoms with E-state index in [9.17, 15) is 27.9 Å². The van der Waals surface area contributed by atoms with Crippen molar-refractivity contribution in [3.05, 3.63) is 24.4 Å². The minimum Gasteiger partial charge on any atom is -0.387 e. The fourth-order valence-corrected chi connectivity index (χ4v) is 5.96. The first-order valence-corrected chi connectivity index (χ1v) is 12.0. The maximum atomic E-state index is 13.0. The number of carbonyl (C=O) groups is 2. The molecule has 1 aromatic rings. The normalized spacial score (nSPS) is 26.3. The number of aliphatic hydroxyl groups is 1. The van der Waals surface area contributed by atoms with Gasteiger partial charge in [0, 0.05) is 43.7 Å². The molecule has 1 unspecified atom stereocenters. The fraction of sp³-hybridized carbons (Fsp3) is 0.708. The van der Waals surface area contributed by atoms with Gasteiger partial charge >= 0.3 is 6.18 Å². The van der Waals surface area contributed by atoms with Crippen molar-refractivity contribution in [1.82, 2.24) is 14.8 Å². The average molecular weight is 483 g/mol. The topological polar surface area (TPSA) is 77.0 Å². The summed E-state index contributed by atoms with van der Waals surface area (Å²) in [6, 6.07) is 5.55. The first-order valence-electron chi connectivity index (χ1n) is 12.0. The van der Waals surface area contributed by atoms with E-state index < -0.39 is 35.4 Å². The lowest BCUT2D eigenvalue weighted by Gasteiger charge is -2.54. The molecule has 7 nitrogen and oxygen atoms in total. The van der Waals surface area contributed by atoms with Gasteiger partial charge in [-0.3, -0.25) is 9.59 Å². The number of aromatic nitrogens is 1. The highest BCUT2D eigenvalue weighted by atomic mass is 19.4. The lowest BCUT2D eigenvalue weighted by molar-refractivity contribution is -0.175. The van der Waals surface area contributed by atoms with Crippen LogP contribution in [0.2, 0.25) is 0 Å². The molecule has 1 aromatic heterocycles. The molecule has 2 aliphatic heterocycles. The summed E-state index contributed by atoms with van der Waals surface area (Å²) in [4.78, 5) is 35.2. The number of nitrogens with zero attached hydrogens (tertiary/aromatic N) is 4. The quantitative estimate of drug-likeness (QED) is 0.699. The molecule has 10 heteroatoms. The van der Waals surface area contributed by atoms with Crippen molar-refractivity contribution < 1.29 is 27.9 Å². The van der Waals surface area contributed by atoms with Crippen molar-refractivity contribution in [1.29, 1.82) is 0 Å². The number of piperazine rings is 1. The smallest absolute Gasteiger partial charge is 0.387 e. The fourth-order valence-electron chi connectivity index (χ4n) is 5.96. The van der Waals surface area contributed by atoms with Crippen LogP contribution in [0.5, 0.6) is 0 Å². The van der Waals surface area contributed by atoms with Crippen molar-refractivity contribution in [3.63, 3.8) is 0 Å². The summed E-state index contributed by atoms with van der Waals surface area (Å²) in [7, 11) is 0. The van der Waals surface area contributed by atoms with Crippen LogP contribution in [0.4, 0.5) is 19.0 Å². The third kappa shape index (κ3) is 5.01. The molecule has 34 heavy (non-hydrogen) atoms. The molecule has 1 aliphatic carbocycles. The minimum absolute atomic E-state index is 0.0872. The summed E-state index contributed by atoms with van der Waals surface area (Å²) in [6.07, 6.45) is -0.419. The number of likely N-dealkylation sites (tertiary alicyclic amines) is 1. The lowest BCUT2D eigenvalue weighted by Crippen LogP contribution is -2.66. The minimum atomic E-state index is -4.39. The van der Waals surface area contributed by atoms with E-state index in [0.29, 0.717) is 25.9 Å². The molecule has 0 bridgehead atoms. The molecular weight excluding hydrogens is 449 g/mol. The summed E-state index contributed by atoms with van der Waals surface area (Å²) >= 11 is 0. The Morgan fingerprint density at radius 3 is 2.53 bits per heavy atom. The van der Waals surface area contributed by atoms with Crippen LogP contribution in [0.15, 0.2) is 24.4 Å². The van der Waals surface area contributed by atoms with E-state index in [4.69, 9.17) is 0 Å². The van der Waals surface area contributed by atoms with Gasteiger partial charge in [0.1, 0.15) is 5.82 Å². The van der Waals surface area contributed by atoms with Gasteiger partial charge < -0.3 is 19.8 Å². The van der Waals surface area contributed by atoms with E-state index in [1.807, 2.05) is 23.1 Å². The number of carbonyl (C=O) groups excluding carboxylic acids is 2. The molecule has 1 spiro atoms. The summed E-state index contributed by atoms with van der Waals surface area (Å²) < 4.78 is 38.5. The second kappa shape index (κ2) is 9.36. The molecule has 1 N–H and O–H groups in total. The molecular formula is C24H33F3N4O3. The van der Waals surface area contributed by atoms with Gasteiger partial charge in [0.2, 0.25) is 11.8 Å². The lowest BCUT2D eigenvalue weighted by atomic mass is 9.65. The highest BCUT2D eigenvalue weighted by Gasteiger charge is 2.56. The van der Waals surface area contributed by atoms with Crippen molar-refractivity contribution in [2.45, 2.75) is 57.2 Å². The van der Waals surface area contributed by atoms with Gasteiger partial charge in [-0.1, -0.05) is 25.8 Å². The van der Waals surface area contributed by atoms with Crippen LogP contribution in [0.3, 0.4) is 0 Å². The summed E-state index contributed by atoms with van der Waals surface area (Å²) in [5.41, 5.74) is -1.77. The van der Waals surface area contributed by atoms with Crippen LogP contribution in [0, 0.1) is 11.3 Å². The van der Waals surface area contributed by atoms with E-state index in [1.54, 1.807) is 11.1 Å². The Bertz CT molecular complexity index is 891. The second-order valence-electron chi connectivity index (χ2n) is 10.2. The molecule has 1 saturated carbocycles. The van der Waals surface area contributed by atoms with Gasteiger partial charge in [-0.2, -0.15) is 13.2 Å². The maximum absolute atomic E-state index is 13.0. The van der Waals surface area contributed by atoms with Crippen LogP contribution in [0.1, 0.15) is 45.4 Å². The van der Waals surface area contributed by atoms with Crippen molar-refractivity contribution in [3.8, 4) is 0 Å². The third-order valence-corrected chi connectivity index (χ3v) is 7.85. The number of alkyl halides is 3. The van der Waals surface area contributed by atoms with Crippen molar-refractivity contribution in [2.75, 3.05) is 44.2 Å². The van der Waals surface area contributed by atoms with Crippen molar-refractivity contribution in [2.24, 2.45) is 11.3 Å². The number of hydrogen-bond acceptors (Lipinski definition) is 5. The van der Waals surface area contributed by atoms with Crippen LogP contribution in [0.25, 0.3) is 0 Å². The van der Waals surface area contributed by atoms with Gasteiger partial charge in [-0.05, 0) is 31.4 Å². The Balaban J connectivity index is 1.44. The monoisotopic (exact) mass is 482 g/mol. The number of hydrogen-bond donors (Lipinski definition) is 1. The number of β-amino-alcohol motifs (C(OH)–C–C–N with tert-alkyl or cyclic N) is 1. The van der Waals surface area contributed by atoms with Crippen LogP contribution < -0.4 is 4.90 Å². The number of amides is 2. The Hall–Kier alpha value is -2.36. The second-order valence-corrected chi connectivity index (χ2v) is 10.2. The highest BCUT2D eigenvalue weighted by molar-refractivity contribution is 5.82. The van der Waals surface area contributed by atoms with Crippen LogP contribution >= 0.6 is 0 Å². The van der Waals surface area contributed by atoms with E-state index in [0.717, 1.165) is 18.7 Å². The highest BCUT2D eigenvalue weighted by Crippen LogP contribution is 2.51. The van der Waals surface area contributed by atoms with Crippen LogP contribution in [-0.4, -0.2) is 82.8 Å². The predicted molar refractivity (Wildman–Crippen MR) is 120 cm³/mol. The molecule has 188 valence electrons. The third-order valence-electron chi connectivity index (χ3n) is 7.85. The predicted octanol–water partition coefficient (Wildman–Crippen LogP) is 2.84. The SMILES string of the molecule is C[C@H](CC(F)(F)F)C(=O)N1CCC(O)(CN2CCN(c3ccccn3)CC2=O)C2(CCCC2)C1. The van der Waals surface area contributed by atoms with E-state index in [1.165, 1.54) is 11.8 Å². The van der Waals surface area contributed by atoms with Crippen molar-refractivity contribution >= 4 is 17.6 Å². The number of pyridine rings is 1. The van der Waals surface area contributed by atoms with Crippen LogP contribution in [-0.2, 0) is 9.59 Å².